The maximum Gasteiger partial charge on any atom is 0.369 e. The summed E-state index contributed by atoms with van der Waals surface area (Å²) in [5.41, 5.74) is 5.39. The third-order valence-electron chi connectivity index (χ3n) is 4.73. The molecule has 4 rings (SSSR count). The van der Waals surface area contributed by atoms with Gasteiger partial charge in [-0.25, -0.2) is 9.48 Å². The molecule has 0 atom stereocenters. The number of rotatable bonds is 4. The van der Waals surface area contributed by atoms with Crippen LogP contribution in [0.15, 0.2) is 58.7 Å². The number of carbonyl (C=O) groups excluding carboxylic acids is 1. The average Bonchev–Trinajstić information content (AvgIpc) is 3.17. The number of esters is 1. The SMILES string of the molecule is CCOC(=O)c1nn(-c2ccc(C)cc2)/c(=N\N=C2/CCCc3ccccc32)s1. The van der Waals surface area contributed by atoms with Gasteiger partial charge in [-0.15, -0.1) is 10.2 Å². The summed E-state index contributed by atoms with van der Waals surface area (Å²) in [6, 6.07) is 16.2. The Morgan fingerprint density at radius 1 is 1.14 bits per heavy atom. The minimum atomic E-state index is -0.449. The molecule has 0 bridgehead atoms. The zero-order valence-electron chi connectivity index (χ0n) is 16.5. The lowest BCUT2D eigenvalue weighted by atomic mass is 9.90. The first kappa shape index (κ1) is 19.3. The van der Waals surface area contributed by atoms with Gasteiger partial charge in [-0.05, 0) is 50.8 Å². The van der Waals surface area contributed by atoms with E-state index in [1.807, 2.05) is 37.3 Å². The van der Waals surface area contributed by atoms with Gasteiger partial charge in [-0.2, -0.15) is 5.10 Å². The fraction of sp³-hybridized carbons (Fsp3) is 0.273. The van der Waals surface area contributed by atoms with Crippen LogP contribution in [0.4, 0.5) is 0 Å². The van der Waals surface area contributed by atoms with Gasteiger partial charge >= 0.3 is 5.97 Å². The van der Waals surface area contributed by atoms with Gasteiger partial charge in [-0.3, -0.25) is 0 Å². The molecule has 7 heteroatoms. The van der Waals surface area contributed by atoms with Crippen molar-refractivity contribution in [3.8, 4) is 5.69 Å². The second kappa shape index (κ2) is 8.53. The molecule has 148 valence electrons. The summed E-state index contributed by atoms with van der Waals surface area (Å²) in [5, 5.41) is 13.7. The van der Waals surface area contributed by atoms with Gasteiger partial charge in [0.2, 0.25) is 9.81 Å². The van der Waals surface area contributed by atoms with Crippen molar-refractivity contribution < 1.29 is 9.53 Å². The minimum Gasteiger partial charge on any atom is -0.461 e. The van der Waals surface area contributed by atoms with Crippen LogP contribution < -0.4 is 4.80 Å². The highest BCUT2D eigenvalue weighted by molar-refractivity contribution is 7.10. The van der Waals surface area contributed by atoms with Gasteiger partial charge < -0.3 is 4.74 Å². The number of hydrogen-bond donors (Lipinski definition) is 0. The van der Waals surface area contributed by atoms with Crippen LogP contribution in [0.3, 0.4) is 0 Å². The van der Waals surface area contributed by atoms with Crippen LogP contribution in [0.2, 0.25) is 0 Å². The monoisotopic (exact) mass is 406 g/mol. The number of hydrogen-bond acceptors (Lipinski definition) is 6. The summed E-state index contributed by atoms with van der Waals surface area (Å²) >= 11 is 1.18. The lowest BCUT2D eigenvalue weighted by Gasteiger charge is -2.16. The summed E-state index contributed by atoms with van der Waals surface area (Å²) in [5.74, 6) is -0.449. The fourth-order valence-corrected chi connectivity index (χ4v) is 4.04. The van der Waals surface area contributed by atoms with Gasteiger partial charge in [0.05, 0.1) is 18.0 Å². The van der Waals surface area contributed by atoms with E-state index in [0.29, 0.717) is 11.4 Å². The zero-order chi connectivity index (χ0) is 20.2. The van der Waals surface area contributed by atoms with Crippen LogP contribution >= 0.6 is 11.3 Å². The second-order valence-corrected chi connectivity index (χ2v) is 7.77. The summed E-state index contributed by atoms with van der Waals surface area (Å²) in [6.07, 6.45) is 3.00. The molecular weight excluding hydrogens is 384 g/mol. The molecule has 3 aromatic rings. The standard InChI is InChI=1S/C22H22N4O2S/c1-3-28-21(27)20-25-26(17-13-11-15(2)12-14-17)22(29-20)24-23-19-10-6-8-16-7-4-5-9-18(16)19/h4-5,7,9,11-14H,3,6,8,10H2,1-2H3/b23-19+,24-22+. The van der Waals surface area contributed by atoms with Crippen molar-refractivity contribution in [2.45, 2.75) is 33.1 Å². The summed E-state index contributed by atoms with van der Waals surface area (Å²) in [7, 11) is 0. The molecular formula is C22H22N4O2S. The molecule has 0 fully saturated rings. The van der Waals surface area contributed by atoms with E-state index in [0.717, 1.165) is 41.8 Å². The van der Waals surface area contributed by atoms with E-state index in [1.54, 1.807) is 11.6 Å². The van der Waals surface area contributed by atoms with Crippen molar-refractivity contribution in [3.05, 3.63) is 75.0 Å². The highest BCUT2D eigenvalue weighted by Crippen LogP contribution is 2.21. The van der Waals surface area contributed by atoms with Crippen LogP contribution in [0, 0.1) is 6.92 Å². The summed E-state index contributed by atoms with van der Waals surface area (Å²) in [4.78, 5) is 12.7. The van der Waals surface area contributed by atoms with Crippen molar-refractivity contribution in [3.63, 3.8) is 0 Å². The maximum atomic E-state index is 12.2. The number of fused-ring (bicyclic) bond motifs is 1. The molecule has 0 unspecified atom stereocenters. The van der Waals surface area contributed by atoms with Crippen LogP contribution in [-0.4, -0.2) is 28.1 Å². The van der Waals surface area contributed by atoms with Crippen LogP contribution in [0.1, 0.15) is 46.3 Å². The highest BCUT2D eigenvalue weighted by atomic mass is 32.1. The van der Waals surface area contributed by atoms with Crippen LogP contribution in [0.25, 0.3) is 5.69 Å². The Bertz CT molecular complexity index is 1130. The molecule has 0 amide bonds. The number of carbonyl (C=O) groups is 1. The van der Waals surface area contributed by atoms with E-state index in [9.17, 15) is 4.79 Å². The van der Waals surface area contributed by atoms with Gasteiger partial charge in [-0.1, -0.05) is 53.3 Å². The average molecular weight is 407 g/mol. The Morgan fingerprint density at radius 3 is 2.72 bits per heavy atom. The third-order valence-corrected chi connectivity index (χ3v) is 5.61. The lowest BCUT2D eigenvalue weighted by molar-refractivity contribution is 0.0524. The molecule has 0 saturated carbocycles. The Labute approximate surface area is 173 Å². The van der Waals surface area contributed by atoms with Crippen molar-refractivity contribution in [1.82, 2.24) is 9.78 Å². The molecule has 0 aliphatic heterocycles. The van der Waals surface area contributed by atoms with Crippen molar-refractivity contribution in [1.29, 1.82) is 0 Å². The van der Waals surface area contributed by atoms with E-state index >= 15 is 0 Å². The fourth-order valence-electron chi connectivity index (χ4n) is 3.28. The van der Waals surface area contributed by atoms with Gasteiger partial charge in [0.1, 0.15) is 0 Å². The normalized spacial score (nSPS) is 15.4. The summed E-state index contributed by atoms with van der Waals surface area (Å²) in [6.45, 7) is 4.10. The molecule has 0 spiro atoms. The van der Waals surface area contributed by atoms with Crippen LogP contribution in [0.5, 0.6) is 0 Å². The number of nitrogens with zero attached hydrogens (tertiary/aromatic N) is 4. The first-order valence-corrected chi connectivity index (χ1v) is 10.5. The largest absolute Gasteiger partial charge is 0.461 e. The van der Waals surface area contributed by atoms with Gasteiger partial charge in [0.15, 0.2) is 0 Å². The van der Waals surface area contributed by atoms with Gasteiger partial charge in [0.25, 0.3) is 0 Å². The first-order chi connectivity index (χ1) is 14.2. The Morgan fingerprint density at radius 2 is 1.93 bits per heavy atom. The zero-order valence-corrected chi connectivity index (χ0v) is 17.3. The predicted octanol–water partition coefficient (Wildman–Crippen LogP) is 4.06. The van der Waals surface area contributed by atoms with E-state index < -0.39 is 5.97 Å². The quantitative estimate of drug-likeness (QED) is 0.485. The minimum absolute atomic E-state index is 0.260. The van der Waals surface area contributed by atoms with E-state index in [-0.39, 0.29) is 5.01 Å². The molecule has 2 aromatic carbocycles. The molecule has 0 radical (unpaired) electrons. The Kier molecular flexibility index (Phi) is 5.67. The number of aryl methyl sites for hydroxylation is 2. The number of aromatic nitrogens is 2. The molecule has 0 saturated heterocycles. The first-order valence-electron chi connectivity index (χ1n) is 9.69. The predicted molar refractivity (Wildman–Crippen MR) is 114 cm³/mol. The summed E-state index contributed by atoms with van der Waals surface area (Å²) < 4.78 is 6.76. The Balaban J connectivity index is 1.80. The van der Waals surface area contributed by atoms with E-state index in [4.69, 9.17) is 4.74 Å². The molecule has 29 heavy (non-hydrogen) atoms. The van der Waals surface area contributed by atoms with Crippen LogP contribution in [-0.2, 0) is 11.2 Å². The van der Waals surface area contributed by atoms with E-state index in [1.165, 1.54) is 16.9 Å². The van der Waals surface area contributed by atoms with Gasteiger partial charge in [0, 0.05) is 5.56 Å². The third kappa shape index (κ3) is 4.19. The molecule has 0 N–H and O–H groups in total. The van der Waals surface area contributed by atoms with Crippen molar-refractivity contribution >= 4 is 23.0 Å². The maximum absolute atomic E-state index is 12.2. The van der Waals surface area contributed by atoms with E-state index in [2.05, 4.69) is 33.5 Å². The van der Waals surface area contributed by atoms with Crippen molar-refractivity contribution in [2.75, 3.05) is 6.61 Å². The van der Waals surface area contributed by atoms with Crippen molar-refractivity contribution in [2.24, 2.45) is 10.2 Å². The Hall–Kier alpha value is -3.06. The topological polar surface area (TPSA) is 68.8 Å². The highest BCUT2D eigenvalue weighted by Gasteiger charge is 2.17. The smallest absolute Gasteiger partial charge is 0.369 e. The molecule has 6 nitrogen and oxygen atoms in total. The molecule has 1 aliphatic carbocycles. The number of ether oxygens (including phenoxy) is 1. The molecule has 1 aromatic heterocycles. The lowest BCUT2D eigenvalue weighted by Crippen LogP contribution is -2.15. The molecule has 1 heterocycles. The molecule has 1 aliphatic rings. The number of benzene rings is 2. The second-order valence-electron chi connectivity index (χ2n) is 6.82.